The van der Waals surface area contributed by atoms with Gasteiger partial charge in [0.1, 0.15) is 5.75 Å². The fourth-order valence-corrected chi connectivity index (χ4v) is 1.73. The summed E-state index contributed by atoms with van der Waals surface area (Å²) in [5, 5.41) is 3.33. The van der Waals surface area contributed by atoms with E-state index in [4.69, 9.17) is 23.7 Å². The minimum atomic E-state index is 0.245. The van der Waals surface area contributed by atoms with Crippen molar-refractivity contribution in [1.29, 1.82) is 0 Å². The van der Waals surface area contributed by atoms with Gasteiger partial charge in [-0.15, -0.1) is 0 Å². The molecule has 0 bridgehead atoms. The van der Waals surface area contributed by atoms with Crippen LogP contribution in [0.1, 0.15) is 5.56 Å². The molecule has 1 aromatic rings. The molecule has 1 aromatic carbocycles. The van der Waals surface area contributed by atoms with Gasteiger partial charge in [0, 0.05) is 32.5 Å². The standard InChI is InChI=1S/C16H27NO5/c1-14-4-5-15(22-13-19-3)12-16(14)17-6-7-20-10-11-21-9-8-18-2/h4-5,12,17H,6-11,13H2,1-3H3. The Morgan fingerprint density at radius 2 is 1.64 bits per heavy atom. The van der Waals surface area contributed by atoms with Gasteiger partial charge in [-0.3, -0.25) is 0 Å². The fraction of sp³-hybridized carbons (Fsp3) is 0.625. The first kappa shape index (κ1) is 18.7. The second kappa shape index (κ2) is 12.2. The van der Waals surface area contributed by atoms with E-state index in [2.05, 4.69) is 5.32 Å². The zero-order valence-corrected chi connectivity index (χ0v) is 13.7. The Hall–Kier alpha value is -1.34. The molecule has 0 aliphatic heterocycles. The van der Waals surface area contributed by atoms with Gasteiger partial charge in [-0.25, -0.2) is 0 Å². The van der Waals surface area contributed by atoms with Gasteiger partial charge in [-0.05, 0) is 18.6 Å². The first-order valence-electron chi connectivity index (χ1n) is 7.38. The molecule has 1 N–H and O–H groups in total. The van der Waals surface area contributed by atoms with Crippen molar-refractivity contribution in [3.63, 3.8) is 0 Å². The van der Waals surface area contributed by atoms with Crippen LogP contribution in [0, 0.1) is 6.92 Å². The Balaban J connectivity index is 2.16. The van der Waals surface area contributed by atoms with Crippen LogP contribution < -0.4 is 10.1 Å². The number of methoxy groups -OCH3 is 2. The number of benzene rings is 1. The Morgan fingerprint density at radius 3 is 2.36 bits per heavy atom. The van der Waals surface area contributed by atoms with Gasteiger partial charge in [-0.2, -0.15) is 0 Å². The molecule has 0 aromatic heterocycles. The van der Waals surface area contributed by atoms with Crippen molar-refractivity contribution >= 4 is 5.69 Å². The highest BCUT2D eigenvalue weighted by atomic mass is 16.7. The average molecular weight is 313 g/mol. The topological polar surface area (TPSA) is 58.2 Å². The predicted octanol–water partition coefficient (Wildman–Crippen LogP) is 2.07. The third-order valence-electron chi connectivity index (χ3n) is 2.92. The Kier molecular flexibility index (Phi) is 10.4. The van der Waals surface area contributed by atoms with Gasteiger partial charge >= 0.3 is 0 Å². The Bertz CT molecular complexity index is 400. The summed E-state index contributed by atoms with van der Waals surface area (Å²) in [5.41, 5.74) is 2.20. The maximum atomic E-state index is 5.49. The molecule has 0 saturated carbocycles. The highest BCUT2D eigenvalue weighted by molar-refractivity contribution is 5.54. The van der Waals surface area contributed by atoms with Crippen molar-refractivity contribution in [2.24, 2.45) is 0 Å². The lowest BCUT2D eigenvalue weighted by Crippen LogP contribution is -2.14. The minimum Gasteiger partial charge on any atom is -0.467 e. The summed E-state index contributed by atoms with van der Waals surface area (Å²) in [6, 6.07) is 5.90. The molecule has 6 heteroatoms. The lowest BCUT2D eigenvalue weighted by molar-refractivity contribution is 0.0272. The van der Waals surface area contributed by atoms with Crippen molar-refractivity contribution in [3.05, 3.63) is 23.8 Å². The van der Waals surface area contributed by atoms with Crippen molar-refractivity contribution in [1.82, 2.24) is 0 Å². The lowest BCUT2D eigenvalue weighted by atomic mass is 10.2. The SMILES string of the molecule is COCCOCCOCCNc1cc(OCOC)ccc1C. The van der Waals surface area contributed by atoms with E-state index in [0.717, 1.165) is 23.5 Å². The van der Waals surface area contributed by atoms with Gasteiger partial charge in [0.25, 0.3) is 0 Å². The van der Waals surface area contributed by atoms with E-state index in [0.29, 0.717) is 33.0 Å². The number of ether oxygens (including phenoxy) is 5. The van der Waals surface area contributed by atoms with E-state index >= 15 is 0 Å². The summed E-state index contributed by atoms with van der Waals surface area (Å²) in [6.45, 7) is 6.03. The molecule has 1 rings (SSSR count). The summed E-state index contributed by atoms with van der Waals surface area (Å²) >= 11 is 0. The van der Waals surface area contributed by atoms with E-state index in [1.54, 1.807) is 14.2 Å². The van der Waals surface area contributed by atoms with Crippen LogP contribution in [0.2, 0.25) is 0 Å². The largest absolute Gasteiger partial charge is 0.467 e. The predicted molar refractivity (Wildman–Crippen MR) is 85.7 cm³/mol. The zero-order chi connectivity index (χ0) is 16.0. The molecule has 0 saturated heterocycles. The second-order valence-corrected chi connectivity index (χ2v) is 4.67. The van der Waals surface area contributed by atoms with Crippen LogP contribution in [0.4, 0.5) is 5.69 Å². The quantitative estimate of drug-likeness (QED) is 0.444. The molecule has 126 valence electrons. The third kappa shape index (κ3) is 8.19. The molecule has 0 atom stereocenters. The number of aryl methyl sites for hydroxylation is 1. The lowest BCUT2D eigenvalue weighted by Gasteiger charge is -2.12. The summed E-state index contributed by atoms with van der Waals surface area (Å²) < 4.78 is 26.0. The van der Waals surface area contributed by atoms with Gasteiger partial charge in [0.2, 0.25) is 0 Å². The first-order valence-corrected chi connectivity index (χ1v) is 7.38. The van der Waals surface area contributed by atoms with Crippen LogP contribution in [0.3, 0.4) is 0 Å². The van der Waals surface area contributed by atoms with E-state index in [1.807, 2.05) is 25.1 Å². The van der Waals surface area contributed by atoms with Gasteiger partial charge in [-0.1, -0.05) is 6.07 Å². The van der Waals surface area contributed by atoms with Gasteiger partial charge in [0.15, 0.2) is 6.79 Å². The molecule has 0 heterocycles. The van der Waals surface area contributed by atoms with Crippen LogP contribution >= 0.6 is 0 Å². The summed E-state index contributed by atoms with van der Waals surface area (Å²) in [7, 11) is 3.26. The number of hydrogen-bond donors (Lipinski definition) is 1. The average Bonchev–Trinajstić information content (AvgIpc) is 2.53. The number of nitrogens with one attached hydrogen (secondary N) is 1. The van der Waals surface area contributed by atoms with E-state index in [1.165, 1.54) is 0 Å². The molecule has 22 heavy (non-hydrogen) atoms. The van der Waals surface area contributed by atoms with Gasteiger partial charge in [0.05, 0.1) is 33.0 Å². The van der Waals surface area contributed by atoms with Crippen molar-refractivity contribution in [2.45, 2.75) is 6.92 Å². The van der Waals surface area contributed by atoms with Crippen LogP contribution in [0.5, 0.6) is 5.75 Å². The second-order valence-electron chi connectivity index (χ2n) is 4.67. The van der Waals surface area contributed by atoms with Crippen LogP contribution in [-0.4, -0.2) is 60.6 Å². The number of rotatable bonds is 13. The maximum absolute atomic E-state index is 5.49. The molecule has 0 aliphatic carbocycles. The van der Waals surface area contributed by atoms with Crippen molar-refractivity contribution < 1.29 is 23.7 Å². The van der Waals surface area contributed by atoms with Crippen molar-refractivity contribution in [3.8, 4) is 5.75 Å². The van der Waals surface area contributed by atoms with Crippen LogP contribution in [-0.2, 0) is 18.9 Å². The normalized spacial score (nSPS) is 10.7. The fourth-order valence-electron chi connectivity index (χ4n) is 1.73. The Labute approximate surface area is 132 Å². The van der Waals surface area contributed by atoms with Crippen molar-refractivity contribution in [2.75, 3.05) is 65.9 Å². The van der Waals surface area contributed by atoms with E-state index in [9.17, 15) is 0 Å². The third-order valence-corrected chi connectivity index (χ3v) is 2.92. The monoisotopic (exact) mass is 313 g/mol. The molecule has 0 fully saturated rings. The molecule has 0 spiro atoms. The van der Waals surface area contributed by atoms with Gasteiger partial charge < -0.3 is 29.0 Å². The van der Waals surface area contributed by atoms with E-state index < -0.39 is 0 Å². The molecular weight excluding hydrogens is 286 g/mol. The number of anilines is 1. The Morgan fingerprint density at radius 1 is 0.909 bits per heavy atom. The summed E-state index contributed by atoms with van der Waals surface area (Å²) in [6.07, 6.45) is 0. The maximum Gasteiger partial charge on any atom is 0.188 e. The van der Waals surface area contributed by atoms with E-state index in [-0.39, 0.29) is 6.79 Å². The van der Waals surface area contributed by atoms with Crippen LogP contribution in [0.15, 0.2) is 18.2 Å². The first-order chi connectivity index (χ1) is 10.8. The molecule has 6 nitrogen and oxygen atoms in total. The molecular formula is C16H27NO5. The molecule has 0 radical (unpaired) electrons. The summed E-state index contributed by atoms with van der Waals surface area (Å²) in [5.74, 6) is 0.780. The zero-order valence-electron chi connectivity index (χ0n) is 13.7. The smallest absolute Gasteiger partial charge is 0.188 e. The number of hydrogen-bond acceptors (Lipinski definition) is 6. The van der Waals surface area contributed by atoms with Crippen LogP contribution in [0.25, 0.3) is 0 Å². The minimum absolute atomic E-state index is 0.245. The summed E-state index contributed by atoms with van der Waals surface area (Å²) in [4.78, 5) is 0. The highest BCUT2D eigenvalue weighted by Crippen LogP contribution is 2.21. The molecule has 0 amide bonds. The molecule has 0 aliphatic rings. The highest BCUT2D eigenvalue weighted by Gasteiger charge is 2.01. The molecule has 0 unspecified atom stereocenters.